The molecule has 1 N–H and O–H groups in total. The largest absolute Gasteiger partial charge is 0.490 e. The van der Waals surface area contributed by atoms with Gasteiger partial charge in [-0.2, -0.15) is 0 Å². The van der Waals surface area contributed by atoms with E-state index < -0.39 is 0 Å². The summed E-state index contributed by atoms with van der Waals surface area (Å²) in [6, 6.07) is 3.26. The van der Waals surface area contributed by atoms with E-state index in [0.29, 0.717) is 41.4 Å². The van der Waals surface area contributed by atoms with E-state index in [2.05, 4.69) is 5.16 Å². The van der Waals surface area contributed by atoms with E-state index in [0.717, 1.165) is 25.7 Å². The van der Waals surface area contributed by atoms with Gasteiger partial charge in [0.1, 0.15) is 16.8 Å². The van der Waals surface area contributed by atoms with Crippen LogP contribution in [0.3, 0.4) is 0 Å². The molecule has 0 unspecified atom stereocenters. The van der Waals surface area contributed by atoms with Gasteiger partial charge in [0.2, 0.25) is 0 Å². The van der Waals surface area contributed by atoms with Gasteiger partial charge in [-0.1, -0.05) is 58.0 Å². The third-order valence-corrected chi connectivity index (χ3v) is 4.03. The second-order valence-electron chi connectivity index (χ2n) is 5.16. The van der Waals surface area contributed by atoms with Crippen LogP contribution in [-0.2, 0) is 4.74 Å². The SMILES string of the molecule is O/N=C/COCCCCCCOc1c(Cl)cc(OCC=C(Cl)Cl)cc1Cl. The van der Waals surface area contributed by atoms with Crippen molar-refractivity contribution >= 4 is 52.6 Å². The number of benzene rings is 1. The molecule has 1 aromatic rings. The van der Waals surface area contributed by atoms with Crippen LogP contribution < -0.4 is 9.47 Å². The molecule has 0 saturated carbocycles. The van der Waals surface area contributed by atoms with Crippen LogP contribution >= 0.6 is 46.4 Å². The van der Waals surface area contributed by atoms with Crippen molar-refractivity contribution in [3.05, 3.63) is 32.7 Å². The normalized spacial score (nSPS) is 10.9. The van der Waals surface area contributed by atoms with Gasteiger partial charge in [-0.15, -0.1) is 0 Å². The minimum absolute atomic E-state index is 0.132. The van der Waals surface area contributed by atoms with E-state index in [4.69, 9.17) is 65.8 Å². The molecule has 0 aliphatic rings. The topological polar surface area (TPSA) is 60.3 Å². The molecule has 146 valence electrons. The second-order valence-corrected chi connectivity index (χ2v) is 6.98. The van der Waals surface area contributed by atoms with Crippen molar-refractivity contribution in [1.82, 2.24) is 0 Å². The van der Waals surface area contributed by atoms with Gasteiger partial charge in [0.25, 0.3) is 0 Å². The van der Waals surface area contributed by atoms with Crippen molar-refractivity contribution in [2.75, 3.05) is 26.4 Å². The fourth-order valence-corrected chi connectivity index (χ4v) is 2.66. The van der Waals surface area contributed by atoms with E-state index >= 15 is 0 Å². The monoisotopic (exact) mass is 443 g/mol. The summed E-state index contributed by atoms with van der Waals surface area (Å²) in [5, 5.41) is 11.8. The minimum Gasteiger partial charge on any atom is -0.490 e. The molecule has 9 heteroatoms. The first kappa shape index (κ1) is 23.2. The van der Waals surface area contributed by atoms with Crippen molar-refractivity contribution in [1.29, 1.82) is 0 Å². The fourth-order valence-electron chi connectivity index (χ4n) is 1.96. The summed E-state index contributed by atoms with van der Waals surface area (Å²) in [7, 11) is 0. The lowest BCUT2D eigenvalue weighted by Gasteiger charge is -2.12. The Labute approximate surface area is 173 Å². The van der Waals surface area contributed by atoms with Gasteiger partial charge in [-0.25, -0.2) is 0 Å². The molecule has 1 aromatic carbocycles. The Balaban J connectivity index is 2.27. The van der Waals surface area contributed by atoms with Gasteiger partial charge in [0.05, 0.1) is 29.5 Å². The lowest BCUT2D eigenvalue weighted by Crippen LogP contribution is -2.01. The summed E-state index contributed by atoms with van der Waals surface area (Å²) in [5.74, 6) is 0.947. The fraction of sp³-hybridized carbons (Fsp3) is 0.471. The first-order valence-corrected chi connectivity index (χ1v) is 9.55. The summed E-state index contributed by atoms with van der Waals surface area (Å²) < 4.78 is 16.5. The number of unbranched alkanes of at least 4 members (excludes halogenated alkanes) is 3. The molecule has 0 aromatic heterocycles. The van der Waals surface area contributed by atoms with Crippen LogP contribution in [0, 0.1) is 0 Å². The van der Waals surface area contributed by atoms with Gasteiger partial charge < -0.3 is 19.4 Å². The van der Waals surface area contributed by atoms with Crippen LogP contribution in [0.2, 0.25) is 10.0 Å². The Hall–Kier alpha value is -0.850. The Kier molecular flexibility index (Phi) is 12.7. The highest BCUT2D eigenvalue weighted by Crippen LogP contribution is 2.37. The summed E-state index contributed by atoms with van der Waals surface area (Å²) >= 11 is 23.4. The number of oxime groups is 1. The number of hydrogen-bond acceptors (Lipinski definition) is 5. The summed E-state index contributed by atoms with van der Waals surface area (Å²) in [4.78, 5) is 0. The molecule has 0 spiro atoms. The molecule has 0 atom stereocenters. The predicted molar refractivity (Wildman–Crippen MR) is 107 cm³/mol. The molecular formula is C17H21Cl4NO4. The van der Waals surface area contributed by atoms with E-state index in [-0.39, 0.29) is 11.1 Å². The zero-order valence-electron chi connectivity index (χ0n) is 14.1. The molecule has 0 fully saturated rings. The van der Waals surface area contributed by atoms with E-state index in [1.54, 1.807) is 12.1 Å². The number of rotatable bonds is 13. The van der Waals surface area contributed by atoms with Gasteiger partial charge in [-0.3, -0.25) is 0 Å². The third-order valence-electron chi connectivity index (χ3n) is 3.16. The van der Waals surface area contributed by atoms with Crippen LogP contribution in [0.5, 0.6) is 11.5 Å². The van der Waals surface area contributed by atoms with Crippen LogP contribution in [0.25, 0.3) is 0 Å². The maximum Gasteiger partial charge on any atom is 0.156 e. The lowest BCUT2D eigenvalue weighted by atomic mass is 10.2. The maximum absolute atomic E-state index is 8.21. The first-order valence-electron chi connectivity index (χ1n) is 8.04. The highest BCUT2D eigenvalue weighted by molar-refractivity contribution is 6.55. The zero-order valence-corrected chi connectivity index (χ0v) is 17.1. The van der Waals surface area contributed by atoms with Gasteiger partial charge in [0.15, 0.2) is 5.75 Å². The van der Waals surface area contributed by atoms with Crippen molar-refractivity contribution in [2.24, 2.45) is 5.16 Å². The lowest BCUT2D eigenvalue weighted by molar-refractivity contribution is 0.165. The Bertz CT molecular complexity index is 569. The van der Waals surface area contributed by atoms with E-state index in [1.165, 1.54) is 12.3 Å². The third kappa shape index (κ3) is 10.3. The molecule has 0 heterocycles. The van der Waals surface area contributed by atoms with Crippen LogP contribution in [0.4, 0.5) is 0 Å². The van der Waals surface area contributed by atoms with Crippen LogP contribution in [0.1, 0.15) is 25.7 Å². The Morgan fingerprint density at radius 1 is 0.962 bits per heavy atom. The first-order chi connectivity index (χ1) is 12.5. The van der Waals surface area contributed by atoms with E-state index in [9.17, 15) is 0 Å². The predicted octanol–water partition coefficient (Wildman–Crippen LogP) is 6.11. The molecule has 1 rings (SSSR count). The molecule has 0 saturated heterocycles. The van der Waals surface area contributed by atoms with Gasteiger partial charge in [0, 0.05) is 18.7 Å². The number of nitrogens with zero attached hydrogens (tertiary/aromatic N) is 1. The number of hydrogen-bond donors (Lipinski definition) is 1. The number of ether oxygens (including phenoxy) is 3. The van der Waals surface area contributed by atoms with Gasteiger partial charge >= 0.3 is 0 Å². The maximum atomic E-state index is 8.21. The highest BCUT2D eigenvalue weighted by atomic mass is 35.5. The zero-order chi connectivity index (χ0) is 19.2. The quantitative estimate of drug-likeness (QED) is 0.172. The molecule has 5 nitrogen and oxygen atoms in total. The van der Waals surface area contributed by atoms with E-state index in [1.807, 2.05) is 0 Å². The summed E-state index contributed by atoms with van der Waals surface area (Å²) in [6.07, 6.45) is 6.65. The van der Waals surface area contributed by atoms with Crippen molar-refractivity contribution in [2.45, 2.75) is 25.7 Å². The molecular weight excluding hydrogens is 424 g/mol. The number of halogens is 4. The minimum atomic E-state index is 0.132. The van der Waals surface area contributed by atoms with Crippen molar-refractivity contribution in [3.8, 4) is 11.5 Å². The molecule has 26 heavy (non-hydrogen) atoms. The smallest absolute Gasteiger partial charge is 0.156 e. The molecule has 0 aliphatic heterocycles. The molecule has 0 amide bonds. The standard InChI is InChI=1S/C17H21Cl4NO4/c18-14-11-13(25-9-5-16(20)21)12-15(19)17(14)26-8-4-2-1-3-7-24-10-6-22-23/h5-6,11-12,23H,1-4,7-10H2/b22-6+. The summed E-state index contributed by atoms with van der Waals surface area (Å²) in [6.45, 7) is 1.69. The summed E-state index contributed by atoms with van der Waals surface area (Å²) in [5.41, 5.74) is 0. The second kappa shape index (κ2) is 14.2. The van der Waals surface area contributed by atoms with Crippen LogP contribution in [-0.4, -0.2) is 37.8 Å². The Morgan fingerprint density at radius 2 is 1.62 bits per heavy atom. The van der Waals surface area contributed by atoms with Crippen molar-refractivity contribution in [3.63, 3.8) is 0 Å². The highest BCUT2D eigenvalue weighted by Gasteiger charge is 2.10. The Morgan fingerprint density at radius 3 is 2.23 bits per heavy atom. The van der Waals surface area contributed by atoms with Crippen LogP contribution in [0.15, 0.2) is 27.9 Å². The molecule has 0 radical (unpaired) electrons. The average molecular weight is 445 g/mol. The molecule has 0 aliphatic carbocycles. The van der Waals surface area contributed by atoms with Gasteiger partial charge in [-0.05, 0) is 25.3 Å². The molecule has 0 bridgehead atoms. The average Bonchev–Trinajstić information content (AvgIpc) is 2.58. The van der Waals surface area contributed by atoms with Crippen molar-refractivity contribution < 1.29 is 19.4 Å².